The predicted molar refractivity (Wildman–Crippen MR) is 413 cm³/mol. The molecule has 11 aromatic rings. The van der Waals surface area contributed by atoms with Crippen LogP contribution in [0.4, 0.5) is 11.4 Å². The number of carbonyl (C=O) groups excluding carboxylic acids is 4. The first-order valence-electron chi connectivity index (χ1n) is 35.7. The van der Waals surface area contributed by atoms with Gasteiger partial charge in [0.2, 0.25) is 0 Å². The molecular weight excluding hydrogens is 1270 g/mol. The number of anilines is 2. The van der Waals surface area contributed by atoms with Crippen LogP contribution in [0.25, 0.3) is 43.1 Å². The number of ether oxygens (including phenoxy) is 4. The van der Waals surface area contributed by atoms with Crippen LogP contribution >= 0.6 is 0 Å². The first-order chi connectivity index (χ1) is 47.7. The van der Waals surface area contributed by atoms with Crippen LogP contribution in [0, 0.1) is 21.7 Å². The van der Waals surface area contributed by atoms with E-state index in [2.05, 4.69) is 197 Å². The van der Waals surface area contributed by atoms with Gasteiger partial charge in [-0.15, -0.1) is 0 Å². The van der Waals surface area contributed by atoms with Crippen LogP contribution in [-0.4, -0.2) is 33.6 Å². The van der Waals surface area contributed by atoms with E-state index < -0.39 is 23.6 Å². The molecule has 0 radical (unpaired) electrons. The van der Waals surface area contributed by atoms with E-state index in [9.17, 15) is 0 Å². The zero-order chi connectivity index (χ0) is 73.3. The van der Waals surface area contributed by atoms with Crippen molar-refractivity contribution in [2.45, 2.75) is 186 Å². The van der Waals surface area contributed by atoms with Crippen molar-refractivity contribution in [3.63, 3.8) is 0 Å². The molecule has 0 saturated heterocycles. The van der Waals surface area contributed by atoms with Crippen molar-refractivity contribution in [3.8, 4) is 46.0 Å². The van der Waals surface area contributed by atoms with Crippen molar-refractivity contribution in [2.24, 2.45) is 21.7 Å². The van der Waals surface area contributed by atoms with E-state index in [1.165, 1.54) is 9.80 Å². The second kappa shape index (κ2) is 24.9. The third-order valence-corrected chi connectivity index (χ3v) is 20.1. The topological polar surface area (TPSA) is 137 Å². The summed E-state index contributed by atoms with van der Waals surface area (Å²) >= 11 is 0. The van der Waals surface area contributed by atoms with E-state index in [0.717, 1.165) is 47.9 Å². The average molecular weight is 1360 g/mol. The van der Waals surface area contributed by atoms with Crippen molar-refractivity contribution in [1.82, 2.24) is 9.97 Å². The van der Waals surface area contributed by atoms with Gasteiger partial charge in [-0.1, -0.05) is 187 Å². The van der Waals surface area contributed by atoms with E-state index in [1.807, 2.05) is 48.5 Å². The molecule has 9 aromatic carbocycles. The molecule has 4 heterocycles. The SMILES string of the molecule is CC(C)(C)CC(C)(C)c1ccc(Oc2cc3c4c(cc(Oc5ccc(C(C)(C)CC(C)(C)C)cc5)c5c6c(Oc7ccc(C(C)(C)CC(C)(C)C)cc7)cc7c8c(cc(Oc9ccc(C(C)(C)CC(C)(C)C)cc9)c(c2c45)c86)C(=O)N(c2ccncc2)C7=O)C(=O)N(c2ccncc2)C3=O)cc1. The Bertz CT molecular complexity index is 4520. The second-order valence-electron chi connectivity index (χ2n) is 36.0. The van der Waals surface area contributed by atoms with Gasteiger partial charge in [0, 0.05) is 67.9 Å². The number of nitrogens with zero attached hydrogens (tertiary/aromatic N) is 4. The molecule has 12 heteroatoms. The third kappa shape index (κ3) is 13.5. The minimum Gasteiger partial charge on any atom is -0.457 e. The summed E-state index contributed by atoms with van der Waals surface area (Å²) in [5.74, 6) is 0.372. The zero-order valence-corrected chi connectivity index (χ0v) is 63.0. The Hall–Kier alpha value is -9.94. The van der Waals surface area contributed by atoms with Gasteiger partial charge >= 0.3 is 0 Å². The smallest absolute Gasteiger partial charge is 0.266 e. The van der Waals surface area contributed by atoms with E-state index in [-0.39, 0.29) is 88.6 Å². The summed E-state index contributed by atoms with van der Waals surface area (Å²) in [6, 6.07) is 45.8. The molecule has 0 N–H and O–H groups in total. The maximum absolute atomic E-state index is 16.0. The monoisotopic (exact) mass is 1360 g/mol. The minimum atomic E-state index is -0.595. The standard InChI is InChI=1S/C90H96N4O8/c1-83(2,3)49-87(13,14)53-21-29-59(30-22-53)99-67-45-63-71-64(80(96)93(79(63)95)57-37-41-91-42-38-57)47-69(101-61-33-25-55(26-34-61)89(17,18)51-85(7,8)9)75-76-70(102-62-35-27-56(28-36-62)90(19,20)52-86(10,11)12)48-66-72-65(81(97)94(82(66)98)58-39-43-92-44-40-58)46-68(74(78(72)76)73(67)77(71)75)100-60-31-23-54(24-32-60)88(15,16)50-84(4,5)6/h21-48H,49-52H2,1-20H3. The lowest BCUT2D eigenvalue weighted by Gasteiger charge is -2.33. The first kappa shape index (κ1) is 70.5. The van der Waals surface area contributed by atoms with Gasteiger partial charge in [-0.25, -0.2) is 9.80 Å². The molecule has 0 saturated carbocycles. The quantitative estimate of drug-likeness (QED) is 0.0464. The molecule has 0 fully saturated rings. The third-order valence-electron chi connectivity index (χ3n) is 20.1. The van der Waals surface area contributed by atoms with Gasteiger partial charge in [0.05, 0.1) is 33.6 Å². The van der Waals surface area contributed by atoms with Crippen LogP contribution in [0.1, 0.15) is 228 Å². The Morgan fingerprint density at radius 2 is 0.461 bits per heavy atom. The zero-order valence-electron chi connectivity index (χ0n) is 63.0. The molecule has 0 unspecified atom stereocenters. The Balaban J connectivity index is 1.19. The fourth-order valence-corrected chi connectivity index (χ4v) is 17.4. The molecular formula is C90H96N4O8. The number of pyridine rings is 2. The molecule has 12 nitrogen and oxygen atoms in total. The number of imide groups is 2. The van der Waals surface area contributed by atoms with Gasteiger partial charge < -0.3 is 18.9 Å². The molecule has 13 rings (SSSR count). The molecule has 0 bridgehead atoms. The van der Waals surface area contributed by atoms with Crippen LogP contribution in [0.15, 0.2) is 170 Å². The minimum absolute atomic E-state index is 0.0326. The Morgan fingerprint density at radius 3 is 0.647 bits per heavy atom. The van der Waals surface area contributed by atoms with Gasteiger partial charge in [0.15, 0.2) is 0 Å². The highest BCUT2D eigenvalue weighted by Crippen LogP contribution is 2.59. The normalized spacial score (nSPS) is 14.3. The van der Waals surface area contributed by atoms with Crippen LogP contribution in [0.3, 0.4) is 0 Å². The summed E-state index contributed by atoms with van der Waals surface area (Å²) in [6.45, 7) is 44.9. The summed E-state index contributed by atoms with van der Waals surface area (Å²) in [4.78, 5) is 75.0. The van der Waals surface area contributed by atoms with Gasteiger partial charge in [-0.3, -0.25) is 29.1 Å². The molecule has 4 amide bonds. The lowest BCUT2D eigenvalue weighted by atomic mass is 9.72. The molecule has 2 aromatic heterocycles. The highest BCUT2D eigenvalue weighted by molar-refractivity contribution is 6.48. The van der Waals surface area contributed by atoms with Crippen molar-refractivity contribution < 1.29 is 38.1 Å². The molecule has 0 atom stereocenters. The number of aromatic nitrogens is 2. The van der Waals surface area contributed by atoms with E-state index >= 15 is 19.2 Å². The number of benzene rings is 9. The summed E-state index contributed by atoms with van der Waals surface area (Å²) < 4.78 is 29.8. The van der Waals surface area contributed by atoms with Crippen LogP contribution in [0.2, 0.25) is 0 Å². The first-order valence-corrected chi connectivity index (χ1v) is 35.7. The predicted octanol–water partition coefficient (Wildman–Crippen LogP) is 24.2. The van der Waals surface area contributed by atoms with Gasteiger partial charge in [0.25, 0.3) is 23.6 Å². The Morgan fingerprint density at radius 1 is 0.265 bits per heavy atom. The number of carbonyl (C=O) groups is 4. The molecule has 2 aliphatic heterocycles. The number of rotatable bonds is 18. The summed E-state index contributed by atoms with van der Waals surface area (Å²) in [6.07, 6.45) is 9.86. The lowest BCUT2D eigenvalue weighted by molar-refractivity contribution is 0.0877. The number of hydrogen-bond acceptors (Lipinski definition) is 10. The maximum Gasteiger partial charge on any atom is 0.266 e. The summed E-state index contributed by atoms with van der Waals surface area (Å²) in [5, 5.41) is 3.21. The largest absolute Gasteiger partial charge is 0.457 e. The van der Waals surface area contributed by atoms with Crippen molar-refractivity contribution >= 4 is 78.1 Å². The maximum atomic E-state index is 16.0. The van der Waals surface area contributed by atoms with Crippen LogP contribution in [-0.2, 0) is 21.7 Å². The van der Waals surface area contributed by atoms with Crippen LogP contribution in [0.5, 0.6) is 46.0 Å². The highest BCUT2D eigenvalue weighted by atomic mass is 16.5. The van der Waals surface area contributed by atoms with Gasteiger partial charge in [-0.05, 0) is 188 Å². The van der Waals surface area contributed by atoms with Gasteiger partial charge in [-0.2, -0.15) is 0 Å². The fraction of sp³-hybridized carbons (Fsp3) is 0.356. The second-order valence-corrected chi connectivity index (χ2v) is 36.0. The number of fused-ring (bicyclic) bond motifs is 2. The Labute approximate surface area is 601 Å². The van der Waals surface area contributed by atoms with Crippen molar-refractivity contribution in [2.75, 3.05) is 9.80 Å². The van der Waals surface area contributed by atoms with E-state index in [4.69, 9.17) is 18.9 Å². The Kier molecular flexibility index (Phi) is 17.2. The molecule has 102 heavy (non-hydrogen) atoms. The number of hydrogen-bond donors (Lipinski definition) is 0. The fourth-order valence-electron chi connectivity index (χ4n) is 17.4. The van der Waals surface area contributed by atoms with Crippen molar-refractivity contribution in [1.29, 1.82) is 0 Å². The lowest BCUT2D eigenvalue weighted by Crippen LogP contribution is -2.40. The summed E-state index contributed by atoms with van der Waals surface area (Å²) in [5.41, 5.74) is 5.08. The highest BCUT2D eigenvalue weighted by Gasteiger charge is 2.43. The summed E-state index contributed by atoms with van der Waals surface area (Å²) in [7, 11) is 0. The van der Waals surface area contributed by atoms with Gasteiger partial charge in [0.1, 0.15) is 46.0 Å². The van der Waals surface area contributed by atoms with E-state index in [0.29, 0.717) is 77.5 Å². The molecule has 0 aliphatic carbocycles. The molecule has 0 spiro atoms. The average Bonchev–Trinajstić information content (AvgIpc) is 0.671. The van der Waals surface area contributed by atoms with Crippen LogP contribution < -0.4 is 28.7 Å². The molecule has 524 valence electrons. The molecule has 2 aliphatic rings. The van der Waals surface area contributed by atoms with Crippen molar-refractivity contribution in [3.05, 3.63) is 215 Å². The number of amides is 4. The van der Waals surface area contributed by atoms with E-state index in [1.54, 1.807) is 73.3 Å².